The molecule has 104 valence electrons. The average molecular weight is 293 g/mol. The summed E-state index contributed by atoms with van der Waals surface area (Å²) in [6, 6.07) is 8.23. The summed E-state index contributed by atoms with van der Waals surface area (Å²) in [5, 5.41) is 11.0. The Labute approximate surface area is 121 Å². The molecule has 1 heterocycles. The third-order valence-electron chi connectivity index (χ3n) is 3.52. The molecule has 3 rings (SSSR count). The Hall–Kier alpha value is -1.58. The molecule has 1 unspecified atom stereocenters. The maximum atomic E-state index is 14.0. The van der Waals surface area contributed by atoms with E-state index in [2.05, 4.69) is 0 Å². The van der Waals surface area contributed by atoms with E-state index in [1.807, 2.05) is 6.07 Å². The van der Waals surface area contributed by atoms with Gasteiger partial charge in [0.2, 0.25) is 0 Å². The third-order valence-corrected chi connectivity index (χ3v) is 3.74. The molecule has 20 heavy (non-hydrogen) atoms. The van der Waals surface area contributed by atoms with E-state index in [-0.39, 0.29) is 5.56 Å². The van der Waals surface area contributed by atoms with E-state index >= 15 is 0 Å². The number of fused-ring (bicyclic) bond motifs is 1. The molecule has 2 aromatic rings. The summed E-state index contributed by atoms with van der Waals surface area (Å²) >= 11 is 6.06. The highest BCUT2D eigenvalue weighted by Crippen LogP contribution is 2.39. The van der Waals surface area contributed by atoms with Gasteiger partial charge in [0, 0.05) is 22.6 Å². The van der Waals surface area contributed by atoms with Gasteiger partial charge in [0.25, 0.3) is 0 Å². The number of halogens is 2. The van der Waals surface area contributed by atoms with Crippen molar-refractivity contribution in [2.45, 2.75) is 19.4 Å². The van der Waals surface area contributed by atoms with Crippen molar-refractivity contribution in [2.24, 2.45) is 0 Å². The number of aryl methyl sites for hydroxylation is 1. The van der Waals surface area contributed by atoms with Crippen LogP contribution in [0, 0.1) is 12.7 Å². The minimum atomic E-state index is -1.08. The quantitative estimate of drug-likeness (QED) is 0.912. The van der Waals surface area contributed by atoms with Gasteiger partial charge in [-0.25, -0.2) is 4.39 Å². The van der Waals surface area contributed by atoms with E-state index in [1.54, 1.807) is 25.1 Å². The molecule has 0 fully saturated rings. The zero-order valence-corrected chi connectivity index (χ0v) is 11.7. The number of aliphatic hydroxyl groups excluding tert-OH is 1. The van der Waals surface area contributed by atoms with Gasteiger partial charge in [0.15, 0.2) is 0 Å². The van der Waals surface area contributed by atoms with Crippen molar-refractivity contribution in [3.8, 4) is 5.75 Å². The van der Waals surface area contributed by atoms with Crippen LogP contribution in [-0.2, 0) is 6.42 Å². The van der Waals surface area contributed by atoms with E-state index < -0.39 is 11.9 Å². The molecule has 1 N–H and O–H groups in total. The molecule has 1 aliphatic heterocycles. The summed E-state index contributed by atoms with van der Waals surface area (Å²) in [5.74, 6) is 0.200. The highest BCUT2D eigenvalue weighted by atomic mass is 35.5. The molecule has 0 bridgehead atoms. The third kappa shape index (κ3) is 2.28. The van der Waals surface area contributed by atoms with Gasteiger partial charge in [0.05, 0.1) is 6.61 Å². The molecule has 0 aliphatic carbocycles. The Morgan fingerprint density at radius 2 is 2.05 bits per heavy atom. The number of ether oxygens (including phenoxy) is 1. The highest BCUT2D eigenvalue weighted by Gasteiger charge is 2.24. The largest absolute Gasteiger partial charge is 0.493 e. The topological polar surface area (TPSA) is 29.5 Å². The predicted molar refractivity (Wildman–Crippen MR) is 75.8 cm³/mol. The van der Waals surface area contributed by atoms with Crippen molar-refractivity contribution in [2.75, 3.05) is 6.61 Å². The fourth-order valence-electron chi connectivity index (χ4n) is 2.52. The van der Waals surface area contributed by atoms with Crippen LogP contribution in [0.2, 0.25) is 5.02 Å². The molecule has 0 spiro atoms. The normalized spacial score (nSPS) is 14.8. The number of hydrogen-bond donors (Lipinski definition) is 1. The summed E-state index contributed by atoms with van der Waals surface area (Å²) in [6.45, 7) is 2.37. The standard InChI is InChI=1S/C16H14ClFO2/c1-9-2-3-12(14(18)6-9)15(19)13-8-11(17)7-10-4-5-20-16(10)13/h2-3,6-8,15,19H,4-5H2,1H3. The first-order valence-electron chi connectivity index (χ1n) is 6.45. The lowest BCUT2D eigenvalue weighted by atomic mass is 9.97. The van der Waals surface area contributed by atoms with Crippen LogP contribution in [0.15, 0.2) is 30.3 Å². The van der Waals surface area contributed by atoms with E-state index in [0.717, 1.165) is 17.5 Å². The van der Waals surface area contributed by atoms with Gasteiger partial charge in [-0.15, -0.1) is 0 Å². The molecule has 0 amide bonds. The second kappa shape index (κ2) is 5.08. The molecule has 1 aliphatic rings. The molecule has 2 aromatic carbocycles. The van der Waals surface area contributed by atoms with Crippen LogP contribution in [0.25, 0.3) is 0 Å². The van der Waals surface area contributed by atoms with Crippen molar-refractivity contribution < 1.29 is 14.2 Å². The van der Waals surface area contributed by atoms with Gasteiger partial charge < -0.3 is 9.84 Å². The van der Waals surface area contributed by atoms with Gasteiger partial charge in [0.1, 0.15) is 17.7 Å². The Morgan fingerprint density at radius 3 is 2.80 bits per heavy atom. The molecular formula is C16H14ClFO2. The van der Waals surface area contributed by atoms with Gasteiger partial charge in [-0.2, -0.15) is 0 Å². The van der Waals surface area contributed by atoms with Gasteiger partial charge in [-0.1, -0.05) is 23.7 Å². The van der Waals surface area contributed by atoms with Crippen molar-refractivity contribution in [3.63, 3.8) is 0 Å². The molecule has 1 atom stereocenters. The van der Waals surface area contributed by atoms with Crippen LogP contribution >= 0.6 is 11.6 Å². The van der Waals surface area contributed by atoms with Crippen molar-refractivity contribution >= 4 is 11.6 Å². The maximum Gasteiger partial charge on any atom is 0.129 e. The Morgan fingerprint density at radius 1 is 1.25 bits per heavy atom. The first-order valence-corrected chi connectivity index (χ1v) is 6.83. The summed E-state index contributed by atoms with van der Waals surface area (Å²) in [6.07, 6.45) is -0.326. The van der Waals surface area contributed by atoms with E-state index in [1.165, 1.54) is 6.07 Å². The van der Waals surface area contributed by atoms with Gasteiger partial charge in [-0.3, -0.25) is 0 Å². The van der Waals surface area contributed by atoms with Crippen molar-refractivity contribution in [1.29, 1.82) is 0 Å². The number of hydrogen-bond acceptors (Lipinski definition) is 2. The molecule has 0 saturated carbocycles. The summed E-state index contributed by atoms with van der Waals surface area (Å²) < 4.78 is 19.6. The van der Waals surface area contributed by atoms with Gasteiger partial charge in [-0.05, 0) is 36.2 Å². The highest BCUT2D eigenvalue weighted by molar-refractivity contribution is 6.30. The Balaban J connectivity index is 2.09. The minimum Gasteiger partial charge on any atom is -0.493 e. The monoisotopic (exact) mass is 292 g/mol. The van der Waals surface area contributed by atoms with Crippen molar-refractivity contribution in [3.05, 3.63) is 63.4 Å². The van der Waals surface area contributed by atoms with Crippen LogP contribution in [-0.4, -0.2) is 11.7 Å². The fraction of sp³-hybridized carbons (Fsp3) is 0.250. The lowest BCUT2D eigenvalue weighted by Gasteiger charge is -2.16. The lowest BCUT2D eigenvalue weighted by Crippen LogP contribution is -2.05. The molecule has 0 radical (unpaired) electrons. The predicted octanol–water partition coefficient (Wildman–Crippen LogP) is 3.80. The first kappa shape index (κ1) is 13.4. The minimum absolute atomic E-state index is 0.232. The number of benzene rings is 2. The lowest BCUT2D eigenvalue weighted by molar-refractivity contribution is 0.208. The van der Waals surface area contributed by atoms with Crippen LogP contribution < -0.4 is 4.74 Å². The SMILES string of the molecule is Cc1ccc(C(O)c2cc(Cl)cc3c2OCC3)c(F)c1. The van der Waals surface area contributed by atoms with Crippen molar-refractivity contribution in [1.82, 2.24) is 0 Å². The zero-order chi connectivity index (χ0) is 14.3. The molecule has 0 aromatic heterocycles. The van der Waals surface area contributed by atoms with E-state index in [0.29, 0.717) is 22.9 Å². The Bertz CT molecular complexity index is 670. The molecule has 0 saturated heterocycles. The number of aliphatic hydroxyl groups is 1. The van der Waals surface area contributed by atoms with Crippen LogP contribution in [0.1, 0.15) is 28.4 Å². The summed E-state index contributed by atoms with van der Waals surface area (Å²) in [4.78, 5) is 0. The van der Waals surface area contributed by atoms with Crippen LogP contribution in [0.5, 0.6) is 5.75 Å². The van der Waals surface area contributed by atoms with Crippen LogP contribution in [0.3, 0.4) is 0 Å². The molecule has 4 heteroatoms. The average Bonchev–Trinajstić information content (AvgIpc) is 2.85. The van der Waals surface area contributed by atoms with E-state index in [9.17, 15) is 9.50 Å². The smallest absolute Gasteiger partial charge is 0.129 e. The second-order valence-corrected chi connectivity index (χ2v) is 5.45. The first-order chi connectivity index (χ1) is 9.56. The number of rotatable bonds is 2. The van der Waals surface area contributed by atoms with Crippen LogP contribution in [0.4, 0.5) is 4.39 Å². The van der Waals surface area contributed by atoms with Gasteiger partial charge >= 0.3 is 0 Å². The maximum absolute atomic E-state index is 14.0. The van der Waals surface area contributed by atoms with E-state index in [4.69, 9.17) is 16.3 Å². The summed E-state index contributed by atoms with van der Waals surface area (Å²) in [5.41, 5.74) is 2.52. The fourth-order valence-corrected chi connectivity index (χ4v) is 2.77. The Kier molecular flexibility index (Phi) is 3.40. The summed E-state index contributed by atoms with van der Waals surface area (Å²) in [7, 11) is 0. The zero-order valence-electron chi connectivity index (χ0n) is 11.0. The second-order valence-electron chi connectivity index (χ2n) is 5.01. The molecular weight excluding hydrogens is 279 g/mol. The molecule has 2 nitrogen and oxygen atoms in total.